The molecule has 1 aromatic heterocycles. The SMILES string of the molecule is CC12CCC(C(=O)Nc3cccc([N+](=O)[O-])c3)(c3nc4ccccc4nc31)C2(C)C. The number of anilines is 1. The molecule has 1 amide bonds. The minimum absolute atomic E-state index is 0.0570. The molecule has 2 bridgehead atoms. The molecule has 1 saturated carbocycles. The Labute approximate surface area is 173 Å². The van der Waals surface area contributed by atoms with Gasteiger partial charge >= 0.3 is 0 Å². The summed E-state index contributed by atoms with van der Waals surface area (Å²) in [5.41, 5.74) is 2.05. The Hall–Kier alpha value is -3.35. The summed E-state index contributed by atoms with van der Waals surface area (Å²) in [6, 6.07) is 13.8. The molecule has 0 spiro atoms. The highest BCUT2D eigenvalue weighted by atomic mass is 16.6. The number of benzene rings is 2. The fourth-order valence-electron chi connectivity index (χ4n) is 5.48. The lowest BCUT2D eigenvalue weighted by atomic mass is 9.63. The molecule has 7 heteroatoms. The summed E-state index contributed by atoms with van der Waals surface area (Å²) in [6.45, 7) is 6.40. The largest absolute Gasteiger partial charge is 0.325 e. The first-order chi connectivity index (χ1) is 14.2. The predicted molar refractivity (Wildman–Crippen MR) is 113 cm³/mol. The standard InChI is InChI=1S/C23H22N4O3/c1-21(2)22(3)11-12-23(21,19-18(22)25-16-9-4-5-10-17(16)26-19)20(28)24-14-7-6-8-15(13-14)27(29)30/h4-10,13H,11-12H2,1-3H3,(H,24,28). The van der Waals surface area contributed by atoms with Gasteiger partial charge in [-0.05, 0) is 36.5 Å². The van der Waals surface area contributed by atoms with Crippen LogP contribution in [-0.4, -0.2) is 20.8 Å². The molecule has 30 heavy (non-hydrogen) atoms. The van der Waals surface area contributed by atoms with E-state index in [0.717, 1.165) is 28.8 Å². The number of nitrogens with one attached hydrogen (secondary N) is 1. The van der Waals surface area contributed by atoms with Gasteiger partial charge in [0.25, 0.3) is 5.69 Å². The highest BCUT2D eigenvalue weighted by molar-refractivity contribution is 6.02. The Morgan fingerprint density at radius 3 is 2.33 bits per heavy atom. The quantitative estimate of drug-likeness (QED) is 0.513. The number of non-ortho nitro benzene ring substituents is 1. The molecule has 0 aliphatic heterocycles. The zero-order valence-corrected chi connectivity index (χ0v) is 17.1. The Morgan fingerprint density at radius 1 is 1.00 bits per heavy atom. The van der Waals surface area contributed by atoms with Crippen LogP contribution in [0.25, 0.3) is 11.0 Å². The van der Waals surface area contributed by atoms with Gasteiger partial charge in [0, 0.05) is 23.2 Å². The van der Waals surface area contributed by atoms with Crippen LogP contribution in [0.1, 0.15) is 45.0 Å². The number of nitrogens with zero attached hydrogens (tertiary/aromatic N) is 3. The number of para-hydroxylation sites is 2. The maximum absolute atomic E-state index is 13.8. The second-order valence-corrected chi connectivity index (χ2v) is 9.03. The molecule has 2 aromatic carbocycles. The van der Waals surface area contributed by atoms with Gasteiger partial charge in [0.05, 0.1) is 32.8 Å². The van der Waals surface area contributed by atoms with Crippen LogP contribution < -0.4 is 5.32 Å². The molecule has 1 heterocycles. The number of aromatic nitrogens is 2. The predicted octanol–water partition coefficient (Wildman–Crippen LogP) is 4.51. The number of carbonyl (C=O) groups excluding carboxylic acids is 1. The molecule has 7 nitrogen and oxygen atoms in total. The van der Waals surface area contributed by atoms with Gasteiger partial charge < -0.3 is 5.32 Å². The molecule has 2 atom stereocenters. The summed E-state index contributed by atoms with van der Waals surface area (Å²) in [7, 11) is 0. The molecule has 2 unspecified atom stereocenters. The van der Waals surface area contributed by atoms with Crippen molar-refractivity contribution in [3.63, 3.8) is 0 Å². The Balaban J connectivity index is 1.66. The van der Waals surface area contributed by atoms with Crippen molar-refractivity contribution in [3.05, 3.63) is 70.0 Å². The third kappa shape index (κ3) is 2.12. The highest BCUT2D eigenvalue weighted by Crippen LogP contribution is 2.70. The Morgan fingerprint density at radius 2 is 1.67 bits per heavy atom. The Bertz CT molecular complexity index is 1240. The number of fused-ring (bicyclic) bond motifs is 6. The van der Waals surface area contributed by atoms with Crippen molar-refractivity contribution in [1.29, 1.82) is 0 Å². The minimum Gasteiger partial charge on any atom is -0.325 e. The van der Waals surface area contributed by atoms with Gasteiger partial charge in [0.2, 0.25) is 5.91 Å². The average molecular weight is 402 g/mol. The molecule has 0 saturated heterocycles. The molecule has 2 aliphatic carbocycles. The van der Waals surface area contributed by atoms with Crippen molar-refractivity contribution in [1.82, 2.24) is 9.97 Å². The maximum Gasteiger partial charge on any atom is 0.271 e. The monoisotopic (exact) mass is 402 g/mol. The van der Waals surface area contributed by atoms with Crippen LogP contribution in [0.2, 0.25) is 0 Å². The lowest BCUT2D eigenvalue weighted by molar-refractivity contribution is -0.384. The molecule has 1 fully saturated rings. The van der Waals surface area contributed by atoms with E-state index in [9.17, 15) is 14.9 Å². The van der Waals surface area contributed by atoms with Crippen LogP contribution in [0.15, 0.2) is 48.5 Å². The van der Waals surface area contributed by atoms with Gasteiger partial charge in [0.15, 0.2) is 0 Å². The van der Waals surface area contributed by atoms with Crippen molar-refractivity contribution >= 4 is 28.3 Å². The zero-order valence-electron chi connectivity index (χ0n) is 17.1. The second kappa shape index (κ2) is 5.84. The molecule has 5 rings (SSSR count). The summed E-state index contributed by atoms with van der Waals surface area (Å²) < 4.78 is 0. The van der Waals surface area contributed by atoms with E-state index in [1.54, 1.807) is 12.1 Å². The van der Waals surface area contributed by atoms with E-state index in [-0.39, 0.29) is 17.0 Å². The van der Waals surface area contributed by atoms with Gasteiger partial charge in [-0.15, -0.1) is 0 Å². The lowest BCUT2D eigenvalue weighted by Gasteiger charge is -2.39. The minimum atomic E-state index is -0.848. The first-order valence-corrected chi connectivity index (χ1v) is 10.0. The summed E-state index contributed by atoms with van der Waals surface area (Å²) in [4.78, 5) is 34.3. The van der Waals surface area contributed by atoms with Crippen LogP contribution in [0.3, 0.4) is 0 Å². The molecular formula is C23H22N4O3. The van der Waals surface area contributed by atoms with Crippen molar-refractivity contribution in [2.45, 2.75) is 44.4 Å². The number of nitro benzene ring substituents is 1. The van der Waals surface area contributed by atoms with Crippen LogP contribution in [0.5, 0.6) is 0 Å². The average Bonchev–Trinajstić information content (AvgIpc) is 3.02. The third-order valence-electron chi connectivity index (χ3n) is 7.65. The first-order valence-electron chi connectivity index (χ1n) is 10.0. The van der Waals surface area contributed by atoms with E-state index in [4.69, 9.17) is 9.97 Å². The molecule has 2 aliphatic rings. The first kappa shape index (κ1) is 18.7. The van der Waals surface area contributed by atoms with Crippen molar-refractivity contribution in [2.24, 2.45) is 5.41 Å². The van der Waals surface area contributed by atoms with Crippen molar-refractivity contribution in [2.75, 3.05) is 5.32 Å². The van der Waals surface area contributed by atoms with E-state index < -0.39 is 15.8 Å². The van der Waals surface area contributed by atoms with E-state index in [2.05, 4.69) is 26.1 Å². The maximum atomic E-state index is 13.8. The van der Waals surface area contributed by atoms with E-state index >= 15 is 0 Å². The number of hydrogen-bond acceptors (Lipinski definition) is 5. The molecular weight excluding hydrogens is 380 g/mol. The number of amides is 1. The number of carbonyl (C=O) groups is 1. The van der Waals surface area contributed by atoms with Crippen LogP contribution >= 0.6 is 0 Å². The summed E-state index contributed by atoms with van der Waals surface area (Å²) in [5, 5.41) is 14.1. The van der Waals surface area contributed by atoms with Gasteiger partial charge in [-0.3, -0.25) is 14.9 Å². The fraction of sp³-hybridized carbons (Fsp3) is 0.348. The van der Waals surface area contributed by atoms with Crippen LogP contribution in [0.4, 0.5) is 11.4 Å². The van der Waals surface area contributed by atoms with E-state index in [1.807, 2.05) is 24.3 Å². The topological polar surface area (TPSA) is 98.0 Å². The van der Waals surface area contributed by atoms with Gasteiger partial charge in [-0.1, -0.05) is 39.0 Å². The molecule has 152 valence electrons. The number of nitro groups is 1. The summed E-state index contributed by atoms with van der Waals surface area (Å²) in [6.07, 6.45) is 1.50. The lowest BCUT2D eigenvalue weighted by Crippen LogP contribution is -2.48. The molecule has 3 aromatic rings. The van der Waals surface area contributed by atoms with Crippen LogP contribution in [0, 0.1) is 15.5 Å². The van der Waals surface area contributed by atoms with Crippen molar-refractivity contribution < 1.29 is 9.72 Å². The zero-order chi connectivity index (χ0) is 21.3. The fourth-order valence-corrected chi connectivity index (χ4v) is 5.48. The van der Waals surface area contributed by atoms with E-state index in [1.165, 1.54) is 12.1 Å². The van der Waals surface area contributed by atoms with Crippen LogP contribution in [-0.2, 0) is 15.6 Å². The van der Waals surface area contributed by atoms with Gasteiger partial charge in [-0.25, -0.2) is 9.97 Å². The van der Waals surface area contributed by atoms with Crippen molar-refractivity contribution in [3.8, 4) is 0 Å². The normalized spacial score (nSPS) is 25.8. The molecule has 0 radical (unpaired) electrons. The highest BCUT2D eigenvalue weighted by Gasteiger charge is 2.73. The molecule has 1 N–H and O–H groups in total. The van der Waals surface area contributed by atoms with E-state index in [0.29, 0.717) is 12.1 Å². The number of hydrogen-bond donors (Lipinski definition) is 1. The third-order valence-corrected chi connectivity index (χ3v) is 7.65. The summed E-state index contributed by atoms with van der Waals surface area (Å²) >= 11 is 0. The number of rotatable bonds is 3. The second-order valence-electron chi connectivity index (χ2n) is 9.03. The van der Waals surface area contributed by atoms with Gasteiger partial charge in [-0.2, -0.15) is 0 Å². The summed E-state index contributed by atoms with van der Waals surface area (Å²) in [5.74, 6) is -0.181. The Kier molecular flexibility index (Phi) is 3.63. The van der Waals surface area contributed by atoms with Gasteiger partial charge in [0.1, 0.15) is 0 Å². The smallest absolute Gasteiger partial charge is 0.271 e.